The second kappa shape index (κ2) is 7.79. The fraction of sp³-hybridized carbons (Fsp3) is 0.667. The van der Waals surface area contributed by atoms with E-state index in [1.165, 1.54) is 32.1 Å². The Balaban J connectivity index is 2.05. The molecule has 0 aromatic heterocycles. The first-order valence-corrected chi connectivity index (χ1v) is 8.29. The van der Waals surface area contributed by atoms with Crippen LogP contribution in [0.2, 0.25) is 0 Å². The van der Waals surface area contributed by atoms with Crippen molar-refractivity contribution in [2.75, 3.05) is 18.5 Å². The van der Waals surface area contributed by atoms with Crippen molar-refractivity contribution in [3.63, 3.8) is 0 Å². The highest BCUT2D eigenvalue weighted by molar-refractivity contribution is 5.53. The molecule has 1 fully saturated rings. The Bertz CT molecular complexity index is 439. The maximum atomic E-state index is 13.5. The highest BCUT2D eigenvalue weighted by Gasteiger charge is 2.17. The van der Waals surface area contributed by atoms with Gasteiger partial charge in [0.15, 0.2) is 0 Å². The monoisotopic (exact) mass is 292 g/mol. The molecule has 3 heteroatoms. The molecule has 0 amide bonds. The van der Waals surface area contributed by atoms with Crippen molar-refractivity contribution in [2.24, 2.45) is 5.92 Å². The first-order chi connectivity index (χ1) is 10.1. The molecule has 1 aliphatic rings. The minimum absolute atomic E-state index is 0.148. The third-order valence-electron chi connectivity index (χ3n) is 4.41. The van der Waals surface area contributed by atoms with Gasteiger partial charge >= 0.3 is 0 Å². The molecule has 1 saturated carbocycles. The number of anilines is 1. The number of benzene rings is 1. The molecule has 0 unspecified atom stereocenters. The molecule has 2 rings (SSSR count). The fourth-order valence-electron chi connectivity index (χ4n) is 3.24. The smallest absolute Gasteiger partial charge is 0.123 e. The van der Waals surface area contributed by atoms with Crippen LogP contribution >= 0.6 is 0 Å². The molecule has 0 aliphatic heterocycles. The van der Waals surface area contributed by atoms with Gasteiger partial charge in [-0.1, -0.05) is 33.1 Å². The second-order valence-corrected chi connectivity index (χ2v) is 6.69. The van der Waals surface area contributed by atoms with E-state index in [2.05, 4.69) is 31.1 Å². The lowest BCUT2D eigenvalue weighted by atomic mass is 9.89. The van der Waals surface area contributed by atoms with Gasteiger partial charge in [-0.15, -0.1) is 0 Å². The number of halogens is 1. The molecule has 1 N–H and O–H groups in total. The Hall–Kier alpha value is -1.09. The van der Waals surface area contributed by atoms with Gasteiger partial charge in [-0.05, 0) is 42.5 Å². The summed E-state index contributed by atoms with van der Waals surface area (Å²) < 4.78 is 13.5. The van der Waals surface area contributed by atoms with E-state index in [4.69, 9.17) is 0 Å². The van der Waals surface area contributed by atoms with E-state index in [1.54, 1.807) is 12.1 Å². The van der Waals surface area contributed by atoms with Gasteiger partial charge in [0.2, 0.25) is 0 Å². The highest BCUT2D eigenvalue weighted by Crippen LogP contribution is 2.27. The zero-order valence-corrected chi connectivity index (χ0v) is 13.7. The van der Waals surface area contributed by atoms with E-state index >= 15 is 0 Å². The van der Waals surface area contributed by atoms with Gasteiger partial charge in [-0.25, -0.2) is 4.39 Å². The molecular formula is C18H29FN2. The maximum absolute atomic E-state index is 13.5. The molecule has 1 aromatic carbocycles. The Morgan fingerprint density at radius 1 is 1.24 bits per heavy atom. The summed E-state index contributed by atoms with van der Waals surface area (Å²) in [6, 6.07) is 5.58. The summed E-state index contributed by atoms with van der Waals surface area (Å²) in [5.74, 6) is 0.644. The van der Waals surface area contributed by atoms with Crippen LogP contribution in [0.3, 0.4) is 0 Å². The zero-order chi connectivity index (χ0) is 15.2. The molecule has 118 valence electrons. The predicted molar refractivity (Wildman–Crippen MR) is 88.2 cm³/mol. The van der Waals surface area contributed by atoms with Gasteiger partial charge in [0, 0.05) is 31.9 Å². The van der Waals surface area contributed by atoms with Crippen molar-refractivity contribution in [2.45, 2.75) is 58.5 Å². The number of hydrogen-bond donors (Lipinski definition) is 1. The Kier molecular flexibility index (Phi) is 6.04. The minimum Gasteiger partial charge on any atom is -0.374 e. The van der Waals surface area contributed by atoms with Gasteiger partial charge in [0.1, 0.15) is 5.82 Å². The van der Waals surface area contributed by atoms with Crippen LogP contribution in [0.5, 0.6) is 0 Å². The van der Waals surface area contributed by atoms with Crippen molar-refractivity contribution >= 4 is 5.69 Å². The van der Waals surface area contributed by atoms with Crippen LogP contribution in [-0.4, -0.2) is 19.6 Å². The number of nitrogens with zero attached hydrogens (tertiary/aromatic N) is 1. The lowest BCUT2D eigenvalue weighted by Crippen LogP contribution is -2.29. The molecule has 2 nitrogen and oxygen atoms in total. The van der Waals surface area contributed by atoms with Crippen molar-refractivity contribution in [1.29, 1.82) is 0 Å². The van der Waals surface area contributed by atoms with Crippen LogP contribution in [0.1, 0.15) is 51.5 Å². The van der Waals surface area contributed by atoms with Crippen LogP contribution in [0.15, 0.2) is 18.2 Å². The molecular weight excluding hydrogens is 263 g/mol. The standard InChI is InChI=1S/C18H29FN2/c1-14(2)20-12-16-11-17(19)9-10-18(16)21(3)13-15-7-5-4-6-8-15/h9-11,14-15,20H,4-8,12-13H2,1-3H3. The van der Waals surface area contributed by atoms with Crippen LogP contribution in [0.4, 0.5) is 10.1 Å². The number of hydrogen-bond acceptors (Lipinski definition) is 2. The molecule has 1 aromatic rings. The van der Waals surface area contributed by atoms with Crippen molar-refractivity contribution < 1.29 is 4.39 Å². The van der Waals surface area contributed by atoms with Crippen LogP contribution in [-0.2, 0) is 6.54 Å². The van der Waals surface area contributed by atoms with Crippen LogP contribution < -0.4 is 10.2 Å². The molecule has 21 heavy (non-hydrogen) atoms. The van der Waals surface area contributed by atoms with E-state index in [-0.39, 0.29) is 5.82 Å². The third-order valence-corrected chi connectivity index (χ3v) is 4.41. The summed E-state index contributed by atoms with van der Waals surface area (Å²) >= 11 is 0. The van der Waals surface area contributed by atoms with Crippen LogP contribution in [0.25, 0.3) is 0 Å². The van der Waals surface area contributed by atoms with E-state index in [9.17, 15) is 4.39 Å². The molecule has 0 saturated heterocycles. The average Bonchev–Trinajstić information content (AvgIpc) is 2.46. The summed E-state index contributed by atoms with van der Waals surface area (Å²) in [6.07, 6.45) is 6.80. The molecule has 0 bridgehead atoms. The molecule has 0 heterocycles. The predicted octanol–water partition coefficient (Wildman–Crippen LogP) is 4.34. The highest BCUT2D eigenvalue weighted by atomic mass is 19.1. The maximum Gasteiger partial charge on any atom is 0.123 e. The Morgan fingerprint density at radius 2 is 1.95 bits per heavy atom. The van der Waals surface area contributed by atoms with Crippen molar-refractivity contribution in [3.05, 3.63) is 29.6 Å². The second-order valence-electron chi connectivity index (χ2n) is 6.69. The van der Waals surface area contributed by atoms with E-state index < -0.39 is 0 Å². The summed E-state index contributed by atoms with van der Waals surface area (Å²) in [6.45, 7) is 6.04. The van der Waals surface area contributed by atoms with E-state index in [1.807, 2.05) is 6.07 Å². The summed E-state index contributed by atoms with van der Waals surface area (Å²) in [5.41, 5.74) is 2.22. The molecule has 1 aliphatic carbocycles. The first-order valence-electron chi connectivity index (χ1n) is 8.29. The first kappa shape index (κ1) is 16.3. The fourth-order valence-corrected chi connectivity index (χ4v) is 3.24. The van der Waals surface area contributed by atoms with Gasteiger partial charge in [-0.2, -0.15) is 0 Å². The van der Waals surface area contributed by atoms with Crippen molar-refractivity contribution in [1.82, 2.24) is 5.32 Å². The number of nitrogens with one attached hydrogen (secondary N) is 1. The topological polar surface area (TPSA) is 15.3 Å². The largest absolute Gasteiger partial charge is 0.374 e. The minimum atomic E-state index is -0.148. The number of rotatable bonds is 6. The molecule has 0 atom stereocenters. The lowest BCUT2D eigenvalue weighted by molar-refractivity contribution is 0.362. The Labute approximate surface area is 128 Å². The van der Waals surface area contributed by atoms with E-state index in [0.29, 0.717) is 6.04 Å². The third kappa shape index (κ3) is 4.99. The van der Waals surface area contributed by atoms with Gasteiger partial charge < -0.3 is 10.2 Å². The van der Waals surface area contributed by atoms with Gasteiger partial charge in [-0.3, -0.25) is 0 Å². The SMILES string of the molecule is CC(C)NCc1cc(F)ccc1N(C)CC1CCCCC1. The summed E-state index contributed by atoms with van der Waals surface area (Å²) in [4.78, 5) is 2.31. The van der Waals surface area contributed by atoms with Crippen LogP contribution in [0, 0.1) is 11.7 Å². The van der Waals surface area contributed by atoms with Gasteiger partial charge in [0.05, 0.1) is 0 Å². The normalized spacial score (nSPS) is 16.4. The summed E-state index contributed by atoms with van der Waals surface area (Å²) in [5, 5.41) is 3.39. The van der Waals surface area contributed by atoms with Crippen molar-refractivity contribution in [3.8, 4) is 0 Å². The van der Waals surface area contributed by atoms with Gasteiger partial charge in [0.25, 0.3) is 0 Å². The average molecular weight is 292 g/mol. The van der Waals surface area contributed by atoms with E-state index in [0.717, 1.165) is 30.3 Å². The Morgan fingerprint density at radius 3 is 2.62 bits per heavy atom. The zero-order valence-electron chi connectivity index (χ0n) is 13.7. The lowest BCUT2D eigenvalue weighted by Gasteiger charge is -2.30. The summed E-state index contributed by atoms with van der Waals surface area (Å²) in [7, 11) is 2.14. The molecule has 0 spiro atoms. The quantitative estimate of drug-likeness (QED) is 0.839. The molecule has 0 radical (unpaired) electrons.